The first kappa shape index (κ1) is 19.4. The largest absolute Gasteiger partial charge is 0.378 e. The normalized spacial score (nSPS) is 12.5. The average molecular weight is 287 g/mol. The second kappa shape index (κ2) is 9.35. The topological polar surface area (TPSA) is 47.6 Å². The SMILES string of the molecule is CCCCCC(=O)NCC(C)(C)COCC(C)(C)OC. The van der Waals surface area contributed by atoms with Crippen molar-refractivity contribution >= 4 is 5.91 Å². The zero-order valence-electron chi connectivity index (χ0n) is 14.2. The molecule has 0 aliphatic carbocycles. The quantitative estimate of drug-likeness (QED) is 0.594. The summed E-state index contributed by atoms with van der Waals surface area (Å²) in [5.41, 5.74) is -0.330. The van der Waals surface area contributed by atoms with Crippen LogP contribution in [-0.4, -0.2) is 38.4 Å². The molecule has 1 N–H and O–H groups in total. The van der Waals surface area contributed by atoms with Crippen molar-refractivity contribution in [3.8, 4) is 0 Å². The van der Waals surface area contributed by atoms with Gasteiger partial charge in [0.2, 0.25) is 5.91 Å². The minimum Gasteiger partial charge on any atom is -0.378 e. The van der Waals surface area contributed by atoms with E-state index in [4.69, 9.17) is 9.47 Å². The molecule has 4 heteroatoms. The third-order valence-corrected chi connectivity index (χ3v) is 3.27. The van der Waals surface area contributed by atoms with Gasteiger partial charge in [-0.15, -0.1) is 0 Å². The van der Waals surface area contributed by atoms with Crippen LogP contribution < -0.4 is 5.32 Å². The first-order valence-electron chi connectivity index (χ1n) is 7.62. The summed E-state index contributed by atoms with van der Waals surface area (Å²) in [5.74, 6) is 0.142. The molecule has 0 saturated carbocycles. The number of carbonyl (C=O) groups is 1. The van der Waals surface area contributed by atoms with E-state index in [1.54, 1.807) is 7.11 Å². The molecular formula is C16H33NO3. The van der Waals surface area contributed by atoms with Gasteiger partial charge in [-0.05, 0) is 20.3 Å². The zero-order valence-corrected chi connectivity index (χ0v) is 14.2. The van der Waals surface area contributed by atoms with E-state index >= 15 is 0 Å². The van der Waals surface area contributed by atoms with Gasteiger partial charge in [-0.1, -0.05) is 33.6 Å². The smallest absolute Gasteiger partial charge is 0.220 e. The van der Waals surface area contributed by atoms with E-state index in [0.29, 0.717) is 26.2 Å². The molecule has 20 heavy (non-hydrogen) atoms. The third kappa shape index (κ3) is 10.2. The van der Waals surface area contributed by atoms with Crippen LogP contribution in [0, 0.1) is 5.41 Å². The molecule has 0 heterocycles. The van der Waals surface area contributed by atoms with Gasteiger partial charge in [-0.25, -0.2) is 0 Å². The van der Waals surface area contributed by atoms with Gasteiger partial charge >= 0.3 is 0 Å². The van der Waals surface area contributed by atoms with Crippen molar-refractivity contribution in [3.63, 3.8) is 0 Å². The monoisotopic (exact) mass is 287 g/mol. The highest BCUT2D eigenvalue weighted by Crippen LogP contribution is 2.16. The van der Waals surface area contributed by atoms with Crippen molar-refractivity contribution in [2.24, 2.45) is 5.41 Å². The Morgan fingerprint density at radius 3 is 2.30 bits per heavy atom. The molecule has 0 aliphatic rings. The molecule has 0 radical (unpaired) electrons. The molecule has 1 amide bonds. The maximum absolute atomic E-state index is 11.7. The molecule has 0 rings (SSSR count). The lowest BCUT2D eigenvalue weighted by molar-refractivity contribution is -0.122. The third-order valence-electron chi connectivity index (χ3n) is 3.27. The fraction of sp³-hybridized carbons (Fsp3) is 0.938. The Bertz CT molecular complexity index is 275. The Morgan fingerprint density at radius 2 is 1.75 bits per heavy atom. The highest BCUT2D eigenvalue weighted by atomic mass is 16.5. The Labute approximate surface area is 124 Å². The van der Waals surface area contributed by atoms with Crippen LogP contribution in [-0.2, 0) is 14.3 Å². The predicted octanol–water partition coefficient (Wildman–Crippen LogP) is 3.15. The highest BCUT2D eigenvalue weighted by Gasteiger charge is 2.22. The summed E-state index contributed by atoms with van der Waals surface area (Å²) in [5, 5.41) is 2.99. The summed E-state index contributed by atoms with van der Waals surface area (Å²) in [4.78, 5) is 11.7. The van der Waals surface area contributed by atoms with E-state index < -0.39 is 0 Å². The molecule has 120 valence electrons. The zero-order chi connectivity index (χ0) is 15.6. The van der Waals surface area contributed by atoms with Crippen molar-refractivity contribution in [1.29, 1.82) is 0 Å². The first-order chi connectivity index (χ1) is 9.22. The summed E-state index contributed by atoms with van der Waals surface area (Å²) in [7, 11) is 1.69. The van der Waals surface area contributed by atoms with Gasteiger partial charge in [0.25, 0.3) is 0 Å². The lowest BCUT2D eigenvalue weighted by atomic mass is 9.94. The molecule has 0 bridgehead atoms. The van der Waals surface area contributed by atoms with Crippen LogP contribution in [0.4, 0.5) is 0 Å². The second-order valence-electron chi connectivity index (χ2n) is 6.85. The van der Waals surface area contributed by atoms with Crippen molar-refractivity contribution < 1.29 is 14.3 Å². The van der Waals surface area contributed by atoms with Gasteiger partial charge in [0.15, 0.2) is 0 Å². The molecule has 4 nitrogen and oxygen atoms in total. The van der Waals surface area contributed by atoms with Crippen LogP contribution in [0.15, 0.2) is 0 Å². The number of methoxy groups -OCH3 is 1. The average Bonchev–Trinajstić information content (AvgIpc) is 2.36. The van der Waals surface area contributed by atoms with Crippen LogP contribution in [0.3, 0.4) is 0 Å². The summed E-state index contributed by atoms with van der Waals surface area (Å²) in [6.45, 7) is 12.1. The minimum atomic E-state index is -0.264. The Hall–Kier alpha value is -0.610. The molecule has 0 unspecified atom stereocenters. The Morgan fingerprint density at radius 1 is 1.10 bits per heavy atom. The van der Waals surface area contributed by atoms with E-state index in [0.717, 1.165) is 19.3 Å². The molecule has 0 fully saturated rings. The molecule has 0 aromatic heterocycles. The van der Waals surface area contributed by atoms with E-state index in [9.17, 15) is 4.79 Å². The number of hydrogen-bond acceptors (Lipinski definition) is 3. The maximum atomic E-state index is 11.7. The standard InChI is InChI=1S/C16H33NO3/c1-7-8-9-10-14(18)17-11-15(2,3)12-20-13-16(4,5)19-6/h7-13H2,1-6H3,(H,17,18). The van der Waals surface area contributed by atoms with Crippen LogP contribution in [0.1, 0.15) is 60.3 Å². The van der Waals surface area contributed by atoms with Crippen molar-refractivity contribution in [2.45, 2.75) is 65.9 Å². The number of unbranched alkanes of at least 4 members (excludes halogenated alkanes) is 2. The van der Waals surface area contributed by atoms with Crippen molar-refractivity contribution in [3.05, 3.63) is 0 Å². The van der Waals surface area contributed by atoms with Crippen molar-refractivity contribution in [1.82, 2.24) is 5.32 Å². The molecule has 0 aromatic rings. The van der Waals surface area contributed by atoms with Crippen molar-refractivity contribution in [2.75, 3.05) is 26.9 Å². The predicted molar refractivity (Wildman–Crippen MR) is 82.8 cm³/mol. The van der Waals surface area contributed by atoms with E-state index in [1.807, 2.05) is 13.8 Å². The summed E-state index contributed by atoms with van der Waals surface area (Å²) in [6, 6.07) is 0. The van der Waals surface area contributed by atoms with Crippen LogP contribution in [0.5, 0.6) is 0 Å². The summed E-state index contributed by atoms with van der Waals surface area (Å²) >= 11 is 0. The molecule has 0 aliphatic heterocycles. The molecule has 0 aromatic carbocycles. The molecule has 0 saturated heterocycles. The maximum Gasteiger partial charge on any atom is 0.220 e. The van der Waals surface area contributed by atoms with Gasteiger partial charge in [-0.2, -0.15) is 0 Å². The minimum absolute atomic E-state index is 0.0652. The van der Waals surface area contributed by atoms with Gasteiger partial charge in [0.1, 0.15) is 0 Å². The molecular weight excluding hydrogens is 254 g/mol. The molecule has 0 spiro atoms. The fourth-order valence-corrected chi connectivity index (χ4v) is 1.64. The highest BCUT2D eigenvalue weighted by molar-refractivity contribution is 5.75. The van der Waals surface area contributed by atoms with E-state index in [1.165, 1.54) is 0 Å². The van der Waals surface area contributed by atoms with E-state index in [-0.39, 0.29) is 16.9 Å². The molecule has 0 atom stereocenters. The first-order valence-corrected chi connectivity index (χ1v) is 7.62. The lowest BCUT2D eigenvalue weighted by Gasteiger charge is -2.28. The van der Waals surface area contributed by atoms with E-state index in [2.05, 4.69) is 26.1 Å². The van der Waals surface area contributed by atoms with Gasteiger partial charge in [0, 0.05) is 25.5 Å². The van der Waals surface area contributed by atoms with Gasteiger partial charge < -0.3 is 14.8 Å². The lowest BCUT2D eigenvalue weighted by Crippen LogP contribution is -2.38. The van der Waals surface area contributed by atoms with Crippen LogP contribution in [0.25, 0.3) is 0 Å². The number of rotatable bonds is 11. The second-order valence-corrected chi connectivity index (χ2v) is 6.85. The number of carbonyl (C=O) groups excluding carboxylic acids is 1. The van der Waals surface area contributed by atoms with Gasteiger partial charge in [-0.3, -0.25) is 4.79 Å². The fourth-order valence-electron chi connectivity index (χ4n) is 1.64. The Balaban J connectivity index is 3.86. The number of amides is 1. The number of hydrogen-bond donors (Lipinski definition) is 1. The number of ether oxygens (including phenoxy) is 2. The van der Waals surface area contributed by atoms with Crippen LogP contribution >= 0.6 is 0 Å². The summed E-state index contributed by atoms with van der Waals surface area (Å²) < 4.78 is 11.0. The van der Waals surface area contributed by atoms with Gasteiger partial charge in [0.05, 0.1) is 18.8 Å². The van der Waals surface area contributed by atoms with Crippen LogP contribution in [0.2, 0.25) is 0 Å². The number of nitrogens with one attached hydrogen (secondary N) is 1. The Kier molecular flexibility index (Phi) is 9.06. The summed E-state index contributed by atoms with van der Waals surface area (Å²) in [6.07, 6.45) is 3.86.